The number of nitrogens with zero attached hydrogens (tertiary/aromatic N) is 2. The van der Waals surface area contributed by atoms with Gasteiger partial charge in [0.25, 0.3) is 17.7 Å². The molecule has 1 aliphatic rings. The molecule has 22 heteroatoms. The number of aldehydes is 1. The Bertz CT molecular complexity index is 2580. The predicted octanol–water partition coefficient (Wildman–Crippen LogP) is 0.185. The minimum atomic E-state index is -1.89. The highest BCUT2D eigenvalue weighted by molar-refractivity contribution is 6.30. The molecular formula is C47H55ClN10O11. The van der Waals surface area contributed by atoms with E-state index in [1.54, 1.807) is 36.4 Å². The van der Waals surface area contributed by atoms with E-state index < -0.39 is 83.8 Å². The number of phenolic OH excluding ortho intramolecular Hbond substituents is 2. The normalized spacial score (nSPS) is 17.7. The summed E-state index contributed by atoms with van der Waals surface area (Å²) < 4.78 is 0. The third kappa shape index (κ3) is 13.2. The monoisotopic (exact) mass is 970 g/mol. The van der Waals surface area contributed by atoms with Crippen LogP contribution in [0.4, 0.5) is 0 Å². The molecule has 0 unspecified atom stereocenters. The van der Waals surface area contributed by atoms with E-state index in [0.717, 1.165) is 18.2 Å². The fourth-order valence-electron chi connectivity index (χ4n) is 7.94. The Morgan fingerprint density at radius 1 is 0.884 bits per heavy atom. The van der Waals surface area contributed by atoms with Crippen LogP contribution in [-0.2, 0) is 40.0 Å². The number of unbranched alkanes of at least 4 members (excludes halogenated alkanes) is 1. The Hall–Kier alpha value is -7.43. The van der Waals surface area contributed by atoms with Crippen LogP contribution in [-0.4, -0.2) is 130 Å². The molecule has 0 aromatic heterocycles. The smallest absolute Gasteiger partial charge is 0.305 e. The van der Waals surface area contributed by atoms with E-state index in [-0.39, 0.29) is 59.7 Å². The number of nitrogens with one attached hydrogen (secondary N) is 4. The van der Waals surface area contributed by atoms with Gasteiger partial charge in [-0.05, 0) is 104 Å². The molecule has 6 amide bonds. The summed E-state index contributed by atoms with van der Waals surface area (Å²) in [6, 6.07) is 17.4. The van der Waals surface area contributed by atoms with E-state index in [1.807, 2.05) is 12.1 Å². The number of likely N-dealkylation sites (N-methyl/N-ethyl adjacent to an activating group) is 2. The molecule has 366 valence electrons. The SMILES string of the molecule is CN(C[C@@](C=O)(CCCCN)NC(=O)c1ccc(-c2ccc(Cl)cc2)cc1)[C@@H]1C(=O)N[C@@H](N)C(=O)N[C@H](C(=O)N[C@@H](N)C(=O)N(C)[C@@H](CC(=O)O)C(N)=O)Cc2ccc(O)c(c2)-c2cc1ccc2O. The number of fused-ring (bicyclic) bond motifs is 5. The number of hydrogen-bond acceptors (Lipinski definition) is 14. The molecular weight excluding hydrogens is 916 g/mol. The second-order valence-electron chi connectivity index (χ2n) is 16.7. The topological polar surface area (TPSA) is 356 Å². The number of hydrogen-bond donors (Lipinski definition) is 11. The summed E-state index contributed by atoms with van der Waals surface area (Å²) in [5.41, 5.74) is 24.2. The lowest BCUT2D eigenvalue weighted by Gasteiger charge is -2.37. The van der Waals surface area contributed by atoms with Crippen molar-refractivity contribution in [3.8, 4) is 33.8 Å². The number of carbonyl (C=O) groups excluding carboxylic acids is 7. The van der Waals surface area contributed by atoms with Gasteiger partial charge in [-0.3, -0.25) is 38.5 Å². The number of phenols is 2. The number of amides is 6. The number of primary amides is 1. The molecule has 0 saturated heterocycles. The Labute approximate surface area is 401 Å². The molecule has 0 fully saturated rings. The van der Waals surface area contributed by atoms with Gasteiger partial charge in [-0.25, -0.2) is 0 Å². The highest BCUT2D eigenvalue weighted by atomic mass is 35.5. The lowest BCUT2D eigenvalue weighted by molar-refractivity contribution is -0.146. The van der Waals surface area contributed by atoms with Crippen LogP contribution in [0.25, 0.3) is 22.3 Å². The Morgan fingerprint density at radius 2 is 1.49 bits per heavy atom. The van der Waals surface area contributed by atoms with Gasteiger partial charge in [-0.1, -0.05) is 48.0 Å². The molecule has 1 heterocycles. The standard InChI is InChI=1S/C47H55ClN10O11/c1-57(23-47(24-59,17-3-4-18-49)56-42(65)28-8-6-26(7-9-28)27-10-13-30(48)14-11-27)38-29-12-16-36(61)32(21-29)31-19-25(5-15-35(31)60)20-33(53-45(68)39(50)54-44(38)67)43(66)55-40(51)46(69)58(2)34(41(52)64)22-37(62)63/h5-16,19,21,24,33-34,38-40,60-61H,3-4,17-18,20,22-23,49-51H2,1-2H3,(H2,52,64)(H,53,68)(H,54,67)(H,55,66)(H,56,65)(H,62,63)/t33-,34-,38-,39+,40+,47+/m0/s1. The Morgan fingerprint density at radius 3 is 2.09 bits per heavy atom. The van der Waals surface area contributed by atoms with Crippen molar-refractivity contribution in [3.05, 3.63) is 107 Å². The molecule has 15 N–H and O–H groups in total. The molecule has 1 aliphatic heterocycles. The summed E-state index contributed by atoms with van der Waals surface area (Å²) in [5.74, 6) is -8.01. The van der Waals surface area contributed by atoms with Crippen molar-refractivity contribution < 1.29 is 53.7 Å². The van der Waals surface area contributed by atoms with Gasteiger partial charge in [0.1, 0.15) is 41.4 Å². The quantitative estimate of drug-likeness (QED) is 0.0360. The van der Waals surface area contributed by atoms with Crippen molar-refractivity contribution in [3.63, 3.8) is 0 Å². The van der Waals surface area contributed by atoms with Gasteiger partial charge in [0, 0.05) is 41.7 Å². The molecule has 4 aromatic carbocycles. The maximum absolute atomic E-state index is 14.5. The van der Waals surface area contributed by atoms with Crippen LogP contribution in [0.15, 0.2) is 84.9 Å². The van der Waals surface area contributed by atoms with Gasteiger partial charge in [0.2, 0.25) is 17.7 Å². The number of aliphatic carboxylic acids is 1. The summed E-state index contributed by atoms with van der Waals surface area (Å²) in [6.45, 7) is -0.00397. The van der Waals surface area contributed by atoms with Gasteiger partial charge >= 0.3 is 5.97 Å². The van der Waals surface area contributed by atoms with Crippen molar-refractivity contribution in [2.45, 2.75) is 68.1 Å². The van der Waals surface area contributed by atoms with E-state index in [2.05, 4.69) is 21.3 Å². The number of nitrogens with two attached hydrogens (primary N) is 4. The predicted molar refractivity (Wildman–Crippen MR) is 253 cm³/mol. The number of carbonyl (C=O) groups is 8. The van der Waals surface area contributed by atoms with Gasteiger partial charge in [-0.2, -0.15) is 0 Å². The molecule has 21 nitrogen and oxygen atoms in total. The van der Waals surface area contributed by atoms with Crippen molar-refractivity contribution in [1.82, 2.24) is 31.1 Å². The van der Waals surface area contributed by atoms with Gasteiger partial charge in [0.15, 0.2) is 12.3 Å². The first-order valence-electron chi connectivity index (χ1n) is 21.6. The minimum absolute atomic E-state index is 0.0328. The van der Waals surface area contributed by atoms with Crippen LogP contribution < -0.4 is 44.2 Å². The summed E-state index contributed by atoms with van der Waals surface area (Å²) in [7, 11) is 2.55. The zero-order valence-electron chi connectivity index (χ0n) is 37.7. The van der Waals surface area contributed by atoms with Gasteiger partial charge < -0.3 is 69.2 Å². The summed E-state index contributed by atoms with van der Waals surface area (Å²) in [4.78, 5) is 108. The lowest BCUT2D eigenvalue weighted by Crippen LogP contribution is -2.62. The molecule has 4 aromatic rings. The first-order valence-corrected chi connectivity index (χ1v) is 22.0. The third-order valence-corrected chi connectivity index (χ3v) is 11.9. The zero-order chi connectivity index (χ0) is 50.7. The van der Waals surface area contributed by atoms with Crippen LogP contribution in [0.5, 0.6) is 11.5 Å². The number of rotatable bonds is 18. The highest BCUT2D eigenvalue weighted by Crippen LogP contribution is 2.39. The van der Waals surface area contributed by atoms with Gasteiger partial charge in [0.05, 0.1) is 6.42 Å². The van der Waals surface area contributed by atoms with Crippen molar-refractivity contribution >= 4 is 59.3 Å². The number of aromatic hydroxyl groups is 2. The number of carboxylic acid groups (broad SMARTS) is 1. The summed E-state index contributed by atoms with van der Waals surface area (Å²) in [6.07, 6.45) is -3.37. The van der Waals surface area contributed by atoms with E-state index in [9.17, 15) is 53.7 Å². The average Bonchev–Trinajstić information content (AvgIpc) is 3.31. The van der Waals surface area contributed by atoms with Crippen LogP contribution in [0.1, 0.15) is 53.2 Å². The van der Waals surface area contributed by atoms with E-state index in [1.165, 1.54) is 48.3 Å². The maximum Gasteiger partial charge on any atom is 0.305 e. The van der Waals surface area contributed by atoms with Crippen LogP contribution in [0.2, 0.25) is 5.02 Å². The number of carboxylic acids is 1. The first-order chi connectivity index (χ1) is 32.7. The fourth-order valence-corrected chi connectivity index (χ4v) is 8.07. The second-order valence-corrected chi connectivity index (χ2v) is 17.1. The number of halogens is 1. The van der Waals surface area contributed by atoms with Crippen molar-refractivity contribution in [1.29, 1.82) is 0 Å². The zero-order valence-corrected chi connectivity index (χ0v) is 38.4. The molecule has 4 bridgehead atoms. The molecule has 69 heavy (non-hydrogen) atoms. The van der Waals surface area contributed by atoms with Crippen molar-refractivity contribution in [2.24, 2.45) is 22.9 Å². The van der Waals surface area contributed by atoms with Crippen LogP contribution in [0.3, 0.4) is 0 Å². The lowest BCUT2D eigenvalue weighted by atomic mass is 9.90. The fraction of sp³-hybridized carbons (Fsp3) is 0.319. The third-order valence-electron chi connectivity index (χ3n) is 11.6. The molecule has 5 rings (SSSR count). The molecule has 0 spiro atoms. The molecule has 0 radical (unpaired) electrons. The van der Waals surface area contributed by atoms with E-state index in [4.69, 9.17) is 34.5 Å². The first kappa shape index (κ1) is 52.5. The Balaban J connectivity index is 1.48. The van der Waals surface area contributed by atoms with Crippen molar-refractivity contribution in [2.75, 3.05) is 27.2 Å². The summed E-state index contributed by atoms with van der Waals surface area (Å²) >= 11 is 6.05. The largest absolute Gasteiger partial charge is 0.507 e. The van der Waals surface area contributed by atoms with Crippen LogP contribution in [0, 0.1) is 0 Å². The average molecular weight is 971 g/mol. The second kappa shape index (κ2) is 23.0. The molecule has 6 atom stereocenters. The molecule has 0 saturated carbocycles. The molecule has 0 aliphatic carbocycles. The van der Waals surface area contributed by atoms with E-state index in [0.29, 0.717) is 34.6 Å². The maximum atomic E-state index is 14.5. The Kier molecular flexibility index (Phi) is 17.5. The van der Waals surface area contributed by atoms with Gasteiger partial charge in [-0.15, -0.1) is 0 Å². The minimum Gasteiger partial charge on any atom is -0.507 e. The summed E-state index contributed by atoms with van der Waals surface area (Å²) in [5, 5.41) is 42.1. The number of benzene rings is 4. The highest BCUT2D eigenvalue weighted by Gasteiger charge is 2.39. The van der Waals surface area contributed by atoms with Crippen LogP contribution >= 0.6 is 11.6 Å². The van der Waals surface area contributed by atoms with E-state index >= 15 is 0 Å².